The van der Waals surface area contributed by atoms with Crippen LogP contribution in [0, 0.1) is 166 Å². The molecule has 0 spiro atoms. The summed E-state index contributed by atoms with van der Waals surface area (Å²) in [7, 11) is -13.0. The van der Waals surface area contributed by atoms with Crippen molar-refractivity contribution in [1.29, 1.82) is 0 Å². The lowest BCUT2D eigenvalue weighted by molar-refractivity contribution is -0.156. The van der Waals surface area contributed by atoms with Crippen LogP contribution in [0.3, 0.4) is 0 Å². The van der Waals surface area contributed by atoms with Gasteiger partial charge in [-0.1, -0.05) is 20.8 Å². The summed E-state index contributed by atoms with van der Waals surface area (Å²) in [5.41, 5.74) is -6.00. The number of nitrogens with zero attached hydrogens (tertiary/aromatic N) is 5. The standard InChI is InChI=1S/C81H73N8O28P3Si/c1-13-14-15-16-17-18-19-20-21-22-23-24-25-26-27-28-29-30-31-32-37-105-57-39-56(38-50(2)55(57)7)75(97)89-65(92)35-36-85(80(89)101)76-71(117-121(11,12)81(8,9)10)70(113-69(93)34-33-54(6)91)64(112-76)49-108-120(104)116-60-42-68(88-45-53(5)74(96)84-79(88)100)111-63(60)48-107-119(103)115-59-41-67(87-44-52(4)73(95)83-78(87)99)110-62(59)47-106-118(102)114-58-40-66(109-61(58)46-90)86-43-51(3)72(94)82-77(86)98/h1,35-36,38-39,43-45,58-64,66-68,70-71,76,90H,33-34,40-42,46-49H2,2-12H3/p+3/t58?,59?,60?,61-,62-,63-,64-,66-,67-,68-,70?,71+,76-/m1/s1. The Balaban J connectivity index is 0.926. The van der Waals surface area contributed by atoms with E-state index >= 15 is 4.79 Å². The van der Waals surface area contributed by atoms with E-state index in [1.54, 1.807) is 13.8 Å². The van der Waals surface area contributed by atoms with E-state index in [1.807, 2.05) is 33.9 Å². The summed E-state index contributed by atoms with van der Waals surface area (Å²) in [6.07, 6.45) is -7.30. The van der Waals surface area contributed by atoms with Gasteiger partial charge in [-0.3, -0.25) is 62.0 Å². The van der Waals surface area contributed by atoms with Gasteiger partial charge in [0.25, 0.3) is 28.1 Å². The quantitative estimate of drug-likeness (QED) is 0.0241. The van der Waals surface area contributed by atoms with Gasteiger partial charge in [-0.25, -0.2) is 19.2 Å². The van der Waals surface area contributed by atoms with Crippen LogP contribution in [0.1, 0.15) is 123 Å². The SMILES string of the molecule is C#CC#CC#CC#CC#CC#CC#CC#CC#CC#CC#COc1cc(C(=O)n2c(=O)ccn([C@@H]3O[C@H](CO[P+](=O)OC4C[C@H](n5cc(C)c(=O)[nH]c5=O)O[C@@H]4CO[P+](=O)OC4C[C@H](n5cc(C)c(=O)[nH]c5=O)O[C@@H]4CO[P+](=O)OC4C[C@H](n5cc(C)c(=O)[nH]c5=O)O[C@@H]4CO)C(OC(=O)CCC(C)=O)[C@@H]3O[Si](C)(C)C(C)(C)C)c2=O)cc(C)c1C. The molecular formula is C81H76N8O28P3Si+3. The molecule has 0 radical (unpaired) electrons. The van der Waals surface area contributed by atoms with Gasteiger partial charge in [-0.2, -0.15) is 4.57 Å². The lowest BCUT2D eigenvalue weighted by Gasteiger charge is -2.40. The number of hydrogen-bond acceptors (Lipinski definition) is 28. The number of carbonyl (C=O) groups is 3. The number of hydrogen-bond donors (Lipinski definition) is 4. The zero-order valence-electron chi connectivity index (χ0n) is 66.5. The van der Waals surface area contributed by atoms with E-state index in [2.05, 4.69) is 139 Å². The minimum atomic E-state index is -3.41. The van der Waals surface area contributed by atoms with Gasteiger partial charge in [0, 0.05) is 164 Å². The normalized spacial score (nSPS) is 21.4. The number of aliphatic hydroxyl groups excluding tert-OH is 1. The average Bonchev–Trinajstić information content (AvgIpc) is 1.65. The summed E-state index contributed by atoms with van der Waals surface area (Å²) in [6, 6.07) is 3.57. The van der Waals surface area contributed by atoms with Crippen molar-refractivity contribution in [3.05, 3.63) is 160 Å². The van der Waals surface area contributed by atoms with Crippen LogP contribution in [0.5, 0.6) is 5.75 Å². The molecule has 8 heterocycles. The summed E-state index contributed by atoms with van der Waals surface area (Å²) in [4.78, 5) is 152. The maximum absolute atomic E-state index is 15.0. The van der Waals surface area contributed by atoms with Crippen LogP contribution in [0.4, 0.5) is 0 Å². The summed E-state index contributed by atoms with van der Waals surface area (Å²) in [5.74, 6) is 46.4. The number of rotatable bonds is 28. The van der Waals surface area contributed by atoms with E-state index in [1.165, 1.54) is 58.4 Å². The van der Waals surface area contributed by atoms with E-state index in [4.69, 9.17) is 66.4 Å². The smallest absolute Gasteiger partial charge is 0.457 e. The van der Waals surface area contributed by atoms with Crippen molar-refractivity contribution in [1.82, 2.24) is 37.8 Å². The van der Waals surface area contributed by atoms with Crippen molar-refractivity contribution in [2.24, 2.45) is 0 Å². The first-order valence-electron chi connectivity index (χ1n) is 36.6. The van der Waals surface area contributed by atoms with Gasteiger partial charge in [0.15, 0.2) is 20.6 Å². The lowest BCUT2D eigenvalue weighted by Crippen LogP contribution is -2.51. The molecule has 0 aliphatic carbocycles. The minimum Gasteiger partial charge on any atom is -0.457 e. The number of aromatic amines is 3. The molecule has 0 saturated carbocycles. The van der Waals surface area contributed by atoms with Crippen molar-refractivity contribution in [2.75, 3.05) is 26.4 Å². The fraction of sp³-hybridized carbons (Fsp3) is 0.420. The van der Waals surface area contributed by atoms with Gasteiger partial charge in [-0.05, 0) is 130 Å². The molecule has 0 bridgehead atoms. The molecule has 4 N–H and O–H groups in total. The van der Waals surface area contributed by atoms with Crippen LogP contribution in [0.2, 0.25) is 18.1 Å². The van der Waals surface area contributed by atoms with Gasteiger partial charge in [0.1, 0.15) is 105 Å². The topological polar surface area (TPSA) is 451 Å². The predicted octanol–water partition coefficient (Wildman–Crippen LogP) is 3.50. The number of nitrogens with one attached hydrogen (secondary N) is 3. The van der Waals surface area contributed by atoms with E-state index in [0.717, 1.165) is 30.5 Å². The zero-order chi connectivity index (χ0) is 88.0. The molecule has 4 saturated heterocycles. The molecule has 40 heteroatoms. The molecule has 7 unspecified atom stereocenters. The van der Waals surface area contributed by atoms with E-state index in [-0.39, 0.29) is 59.5 Å². The molecule has 1 aromatic carbocycles. The van der Waals surface area contributed by atoms with Crippen LogP contribution < -0.4 is 49.7 Å². The summed E-state index contributed by atoms with van der Waals surface area (Å²) in [5, 5.41) is 9.54. The molecule has 4 fully saturated rings. The van der Waals surface area contributed by atoms with E-state index < -0.39 is 208 Å². The molecular weight excluding hydrogens is 1650 g/mol. The number of ether oxygens (including phenoxy) is 6. The second-order valence-corrected chi connectivity index (χ2v) is 35.9. The number of H-pyrrole nitrogens is 3. The molecule has 4 aliphatic heterocycles. The molecule has 121 heavy (non-hydrogen) atoms. The Hall–Kier alpha value is -12.3. The fourth-order valence-corrected chi connectivity index (χ4v) is 15.3. The monoisotopic (exact) mass is 1730 g/mol. The maximum atomic E-state index is 15.0. The van der Waals surface area contributed by atoms with Crippen molar-refractivity contribution in [2.45, 2.75) is 192 Å². The number of aliphatic hydroxyl groups is 1. The van der Waals surface area contributed by atoms with Gasteiger partial charge in [0.05, 0.1) is 13.0 Å². The van der Waals surface area contributed by atoms with Gasteiger partial charge in [-0.15, -0.1) is 33.6 Å². The Bertz CT molecular complexity index is 6240. The summed E-state index contributed by atoms with van der Waals surface area (Å²) < 4.78 is 125. The first kappa shape index (κ1) is 92.6. The lowest BCUT2D eigenvalue weighted by atomic mass is 10.0. The highest BCUT2D eigenvalue weighted by Gasteiger charge is 2.56. The molecule has 4 aliphatic rings. The molecule has 36 nitrogen and oxygen atoms in total. The molecule has 4 aromatic heterocycles. The summed E-state index contributed by atoms with van der Waals surface area (Å²) >= 11 is 0. The predicted molar refractivity (Wildman–Crippen MR) is 430 cm³/mol. The molecule has 9 rings (SSSR count). The number of aromatic nitrogens is 8. The number of terminal acetylenes is 1. The number of Topliss-reactive ketones (excluding diaryl/α,β-unsaturated/α-hetero) is 1. The maximum Gasteiger partial charge on any atom is 0.697 e. The zero-order valence-corrected chi connectivity index (χ0v) is 70.2. The Morgan fingerprint density at radius 1 is 0.545 bits per heavy atom. The third-order valence-electron chi connectivity index (χ3n) is 19.0. The first-order valence-corrected chi connectivity index (χ1v) is 42.7. The Labute approximate surface area is 693 Å². The van der Waals surface area contributed by atoms with Gasteiger partial charge >= 0.3 is 53.5 Å². The highest BCUT2D eigenvalue weighted by molar-refractivity contribution is 7.33. The van der Waals surface area contributed by atoms with Crippen LogP contribution in [-0.2, 0) is 78.5 Å². The number of ketones is 1. The Morgan fingerprint density at radius 3 is 1.36 bits per heavy atom. The van der Waals surface area contributed by atoms with Crippen molar-refractivity contribution >= 4 is 50.7 Å². The second-order valence-electron chi connectivity index (χ2n) is 28.4. The van der Waals surface area contributed by atoms with E-state index in [9.17, 15) is 66.7 Å². The number of benzene rings is 1. The van der Waals surface area contributed by atoms with Crippen LogP contribution >= 0.6 is 24.8 Å². The molecule has 0 amide bonds. The summed E-state index contributed by atoms with van der Waals surface area (Å²) in [6.45, 7) is 15.3. The van der Waals surface area contributed by atoms with Crippen LogP contribution in [0.15, 0.2) is 81.3 Å². The average molecular weight is 1730 g/mol. The van der Waals surface area contributed by atoms with Crippen molar-refractivity contribution in [3.8, 4) is 137 Å². The third kappa shape index (κ3) is 25.0. The second kappa shape index (κ2) is 42.6. The van der Waals surface area contributed by atoms with Crippen LogP contribution in [-0.4, -0.2) is 150 Å². The largest absolute Gasteiger partial charge is 0.697 e. The minimum absolute atomic E-state index is 0.0491. The molecule has 16 atom stereocenters. The fourth-order valence-electron chi connectivity index (χ4n) is 11.7. The Morgan fingerprint density at radius 2 is 0.950 bits per heavy atom. The first-order chi connectivity index (χ1) is 57.6. The van der Waals surface area contributed by atoms with Gasteiger partial charge in [0.2, 0.25) is 0 Å². The molecule has 624 valence electrons. The molecule has 5 aromatic rings. The van der Waals surface area contributed by atoms with Crippen molar-refractivity contribution < 1.29 is 93.2 Å². The Kier molecular flexibility index (Phi) is 32.6. The number of aryl methyl sites for hydroxylation is 4. The van der Waals surface area contributed by atoms with Crippen LogP contribution in [0.25, 0.3) is 0 Å². The third-order valence-corrected chi connectivity index (χ3v) is 25.9. The number of esters is 1. The van der Waals surface area contributed by atoms with Gasteiger partial charge < -0.3 is 42.7 Å². The highest BCUT2D eigenvalue weighted by Crippen LogP contribution is 2.46. The van der Waals surface area contributed by atoms with Crippen molar-refractivity contribution in [3.63, 3.8) is 0 Å². The number of carbonyl (C=O) groups excluding carboxylic acids is 3. The van der Waals surface area contributed by atoms with E-state index in [0.29, 0.717) is 15.7 Å². The highest BCUT2D eigenvalue weighted by atomic mass is 31.1.